The molecule has 90 valence electrons. The lowest BCUT2D eigenvalue weighted by molar-refractivity contribution is -0.516. The monoisotopic (exact) mass is 222 g/mol. The first-order chi connectivity index (χ1) is 7.95. The van der Waals surface area contributed by atoms with Crippen molar-refractivity contribution in [2.75, 3.05) is 39.3 Å². The Morgan fingerprint density at radius 2 is 1.06 bits per heavy atom. The first kappa shape index (κ1) is 10.4. The Balaban J connectivity index is 1.83. The lowest BCUT2D eigenvalue weighted by atomic mass is 10.4. The molecule has 0 unspecified atom stereocenters. The fourth-order valence-electron chi connectivity index (χ4n) is 3.35. The molecule has 0 amide bonds. The third-order valence-corrected chi connectivity index (χ3v) is 4.17. The first-order valence-corrected chi connectivity index (χ1v) is 7.07. The van der Waals surface area contributed by atoms with Crippen LogP contribution in [0.25, 0.3) is 0 Å². The van der Waals surface area contributed by atoms with Crippen molar-refractivity contribution in [1.29, 1.82) is 0 Å². The van der Waals surface area contributed by atoms with Crippen LogP contribution in [0.3, 0.4) is 0 Å². The van der Waals surface area contributed by atoms with Gasteiger partial charge in [0.25, 0.3) is 0 Å². The smallest absolute Gasteiger partial charge is 0.265 e. The van der Waals surface area contributed by atoms with Gasteiger partial charge in [-0.05, 0) is 38.5 Å². The third kappa shape index (κ3) is 1.92. The van der Waals surface area contributed by atoms with Crippen molar-refractivity contribution < 1.29 is 4.58 Å². The van der Waals surface area contributed by atoms with Crippen LogP contribution in [-0.2, 0) is 0 Å². The van der Waals surface area contributed by atoms with Crippen LogP contribution in [0.2, 0.25) is 0 Å². The molecule has 0 aromatic heterocycles. The molecule has 3 rings (SSSR count). The van der Waals surface area contributed by atoms with Gasteiger partial charge in [0.05, 0.1) is 39.3 Å². The molecule has 0 aromatic rings. The predicted octanol–water partition coefficient (Wildman–Crippen LogP) is 1.34. The predicted molar refractivity (Wildman–Crippen MR) is 65.8 cm³/mol. The normalized spacial score (nSPS) is 25.9. The average molecular weight is 222 g/mol. The molecule has 3 heteroatoms. The van der Waals surface area contributed by atoms with Gasteiger partial charge in [0.2, 0.25) is 0 Å². The molecule has 0 aromatic carbocycles. The molecule has 3 aliphatic heterocycles. The summed E-state index contributed by atoms with van der Waals surface area (Å²) in [5.74, 6) is 1.59. The zero-order valence-electron chi connectivity index (χ0n) is 10.3. The van der Waals surface area contributed by atoms with Crippen LogP contribution in [0.5, 0.6) is 0 Å². The summed E-state index contributed by atoms with van der Waals surface area (Å²) in [7, 11) is 0. The van der Waals surface area contributed by atoms with E-state index in [1.54, 1.807) is 5.96 Å². The van der Waals surface area contributed by atoms with Crippen LogP contribution in [0.4, 0.5) is 0 Å². The Kier molecular flexibility index (Phi) is 3.02. The van der Waals surface area contributed by atoms with Gasteiger partial charge in [0.15, 0.2) is 0 Å². The van der Waals surface area contributed by atoms with Gasteiger partial charge in [-0.2, -0.15) is 0 Å². The highest BCUT2D eigenvalue weighted by Gasteiger charge is 2.33. The van der Waals surface area contributed by atoms with E-state index in [1.807, 2.05) is 0 Å². The molecule has 3 nitrogen and oxygen atoms in total. The lowest BCUT2D eigenvalue weighted by Crippen LogP contribution is -2.47. The zero-order valence-corrected chi connectivity index (χ0v) is 10.3. The van der Waals surface area contributed by atoms with E-state index in [0.29, 0.717) is 0 Å². The topological polar surface area (TPSA) is 9.49 Å². The summed E-state index contributed by atoms with van der Waals surface area (Å²) in [4.78, 5) is 5.30. The molecule has 0 radical (unpaired) electrons. The largest absolute Gasteiger partial charge is 0.350 e. The second-order valence-corrected chi connectivity index (χ2v) is 5.38. The van der Waals surface area contributed by atoms with Crippen molar-refractivity contribution in [3.05, 3.63) is 0 Å². The summed E-state index contributed by atoms with van der Waals surface area (Å²) >= 11 is 0. The summed E-state index contributed by atoms with van der Waals surface area (Å²) in [6.45, 7) is 7.76. The number of hydrogen-bond donors (Lipinski definition) is 0. The summed E-state index contributed by atoms with van der Waals surface area (Å²) in [5.41, 5.74) is 0. The molecule has 0 bridgehead atoms. The quantitative estimate of drug-likeness (QED) is 0.452. The molecule has 16 heavy (non-hydrogen) atoms. The minimum atomic E-state index is 1.29. The summed E-state index contributed by atoms with van der Waals surface area (Å²) in [6.07, 6.45) is 8.36. The van der Waals surface area contributed by atoms with Crippen molar-refractivity contribution in [2.24, 2.45) is 0 Å². The van der Waals surface area contributed by atoms with Crippen molar-refractivity contribution in [3.63, 3.8) is 0 Å². The molecular formula is C13H24N3+. The molecule has 0 spiro atoms. The highest BCUT2D eigenvalue weighted by Crippen LogP contribution is 2.17. The van der Waals surface area contributed by atoms with Gasteiger partial charge in [-0.3, -0.25) is 14.4 Å². The first-order valence-electron chi connectivity index (χ1n) is 7.07. The molecule has 3 saturated heterocycles. The van der Waals surface area contributed by atoms with Crippen molar-refractivity contribution in [2.45, 2.75) is 38.5 Å². The SMILES string of the molecule is C1CCN(C(N2CCCC2)=[N+]2CCCC2)C1. The lowest BCUT2D eigenvalue weighted by Gasteiger charge is -2.23. The van der Waals surface area contributed by atoms with Crippen molar-refractivity contribution in [3.8, 4) is 0 Å². The van der Waals surface area contributed by atoms with Gasteiger partial charge in [-0.15, -0.1) is 0 Å². The van der Waals surface area contributed by atoms with Crippen molar-refractivity contribution in [1.82, 2.24) is 9.80 Å². The molecule has 0 aliphatic carbocycles. The van der Waals surface area contributed by atoms with Crippen LogP contribution in [0, 0.1) is 0 Å². The maximum absolute atomic E-state index is 2.65. The molecule has 3 fully saturated rings. The minimum Gasteiger partial charge on any atom is -0.265 e. The van der Waals surface area contributed by atoms with E-state index in [9.17, 15) is 0 Å². The average Bonchev–Trinajstić information content (AvgIpc) is 3.02. The number of rotatable bonds is 0. The molecular weight excluding hydrogens is 198 g/mol. The fourth-order valence-corrected chi connectivity index (χ4v) is 3.35. The van der Waals surface area contributed by atoms with Crippen LogP contribution in [-0.4, -0.2) is 59.6 Å². The van der Waals surface area contributed by atoms with Crippen molar-refractivity contribution >= 4 is 5.96 Å². The highest BCUT2D eigenvalue weighted by molar-refractivity contribution is 5.76. The van der Waals surface area contributed by atoms with Gasteiger partial charge in [-0.25, -0.2) is 0 Å². The summed E-state index contributed by atoms with van der Waals surface area (Å²) in [6, 6.07) is 0. The molecule has 3 heterocycles. The zero-order chi connectivity index (χ0) is 10.8. The van der Waals surface area contributed by atoms with E-state index in [-0.39, 0.29) is 0 Å². The summed E-state index contributed by atoms with van der Waals surface area (Å²) < 4.78 is 2.65. The van der Waals surface area contributed by atoms with Crippen LogP contribution in [0.1, 0.15) is 38.5 Å². The maximum Gasteiger partial charge on any atom is 0.350 e. The van der Waals surface area contributed by atoms with E-state index >= 15 is 0 Å². The van der Waals surface area contributed by atoms with Gasteiger partial charge in [-0.1, -0.05) is 0 Å². The minimum absolute atomic E-state index is 1.29. The molecule has 3 aliphatic rings. The summed E-state index contributed by atoms with van der Waals surface area (Å²) in [5, 5.41) is 0. The Bertz CT molecular complexity index is 247. The van der Waals surface area contributed by atoms with Crippen LogP contribution < -0.4 is 0 Å². The second-order valence-electron chi connectivity index (χ2n) is 5.38. The molecule has 0 N–H and O–H groups in total. The Morgan fingerprint density at radius 1 is 0.625 bits per heavy atom. The fraction of sp³-hybridized carbons (Fsp3) is 0.923. The Morgan fingerprint density at radius 3 is 1.50 bits per heavy atom. The van der Waals surface area contributed by atoms with Crippen LogP contribution in [0.15, 0.2) is 0 Å². The van der Waals surface area contributed by atoms with Gasteiger partial charge < -0.3 is 0 Å². The highest BCUT2D eigenvalue weighted by atomic mass is 15.4. The Hall–Kier alpha value is -0.730. The second kappa shape index (κ2) is 4.64. The van der Waals surface area contributed by atoms with E-state index in [0.717, 1.165) is 0 Å². The third-order valence-electron chi connectivity index (χ3n) is 4.17. The Labute approximate surface area is 98.7 Å². The van der Waals surface area contributed by atoms with Gasteiger partial charge in [0, 0.05) is 0 Å². The van der Waals surface area contributed by atoms with E-state index in [4.69, 9.17) is 0 Å². The number of nitrogens with zero attached hydrogens (tertiary/aromatic N) is 3. The maximum atomic E-state index is 2.65. The standard InChI is InChI=1S/C13H24N3/c1-2-8-14(7-1)13(15-9-3-4-10-15)16-11-5-6-12-16/h1-12H2/q+1. The van der Waals surface area contributed by atoms with Crippen LogP contribution >= 0.6 is 0 Å². The number of likely N-dealkylation sites (tertiary alicyclic amines) is 2. The van der Waals surface area contributed by atoms with E-state index < -0.39 is 0 Å². The molecule has 0 atom stereocenters. The number of hydrogen-bond acceptors (Lipinski definition) is 0. The van der Waals surface area contributed by atoms with E-state index in [2.05, 4.69) is 14.4 Å². The van der Waals surface area contributed by atoms with Gasteiger partial charge >= 0.3 is 5.96 Å². The molecule has 0 saturated carbocycles. The van der Waals surface area contributed by atoms with E-state index in [1.165, 1.54) is 77.8 Å². The number of guanidine groups is 1. The van der Waals surface area contributed by atoms with Gasteiger partial charge in [0.1, 0.15) is 0 Å².